The van der Waals surface area contributed by atoms with Crippen molar-refractivity contribution < 1.29 is 35.7 Å². The quantitative estimate of drug-likeness (QED) is 0.0895. The molecule has 184 valence electrons. The highest BCUT2D eigenvalue weighted by molar-refractivity contribution is 7.07. The van der Waals surface area contributed by atoms with Gasteiger partial charge in [-0.15, -0.1) is 0 Å². The Labute approximate surface area is 201 Å². The van der Waals surface area contributed by atoms with Gasteiger partial charge in [0.05, 0.1) is 17.1 Å². The van der Waals surface area contributed by atoms with Gasteiger partial charge in [-0.25, -0.2) is 26.3 Å². The van der Waals surface area contributed by atoms with Crippen LogP contribution in [0.1, 0.15) is 5.56 Å². The second kappa shape index (κ2) is 9.95. The number of hydrogen-bond acceptors (Lipinski definition) is 3. The molecule has 11 heteroatoms. The fourth-order valence-corrected chi connectivity index (χ4v) is 7.85. The van der Waals surface area contributed by atoms with E-state index in [4.69, 9.17) is 4.43 Å². The van der Waals surface area contributed by atoms with Gasteiger partial charge in [0, 0.05) is 28.6 Å². The molecule has 0 spiro atoms. The lowest BCUT2D eigenvalue weighted by Gasteiger charge is -2.33. The molecule has 0 radical (unpaired) electrons. The summed E-state index contributed by atoms with van der Waals surface area (Å²) < 4.78 is 93.2. The Balaban J connectivity index is 2.06. The van der Waals surface area contributed by atoms with Crippen molar-refractivity contribution in [2.45, 2.75) is 6.61 Å². The maximum atomic E-state index is 15.3. The average molecular weight is 519 g/mol. The van der Waals surface area contributed by atoms with Gasteiger partial charge in [-0.2, -0.15) is 0 Å². The largest absolute Gasteiger partial charge is 0.399 e. The highest BCUT2D eigenvalue weighted by atomic mass is 28.4. The Morgan fingerprint density at radius 3 is 1.67 bits per heavy atom. The van der Waals surface area contributed by atoms with Gasteiger partial charge in [0.1, 0.15) is 11.6 Å². The highest BCUT2D eigenvalue weighted by Gasteiger charge is 2.47. The molecule has 4 aromatic rings. The van der Waals surface area contributed by atoms with Gasteiger partial charge < -0.3 is 4.43 Å². The molecule has 0 fully saturated rings. The van der Waals surface area contributed by atoms with Crippen molar-refractivity contribution in [1.82, 2.24) is 0 Å². The number of hydrogen-bond donors (Lipinski definition) is 0. The maximum Gasteiger partial charge on any atom is 0.294 e. The van der Waals surface area contributed by atoms with Crippen LogP contribution in [0.15, 0.2) is 78.9 Å². The Morgan fingerprint density at radius 2 is 1.14 bits per heavy atom. The first-order chi connectivity index (χ1) is 17.1. The number of rotatable bonds is 7. The zero-order chi connectivity index (χ0) is 26.0. The van der Waals surface area contributed by atoms with Gasteiger partial charge in [0.15, 0.2) is 23.3 Å². The molecule has 0 aromatic heterocycles. The third kappa shape index (κ3) is 4.50. The first-order valence-corrected chi connectivity index (χ1v) is 12.3. The Bertz CT molecular complexity index is 1390. The summed E-state index contributed by atoms with van der Waals surface area (Å²) in [7, 11) is -4.65. The van der Waals surface area contributed by atoms with E-state index in [1.54, 1.807) is 6.07 Å². The Kier molecular flexibility index (Phi) is 6.95. The summed E-state index contributed by atoms with van der Waals surface area (Å²) in [5.41, 5.74) is -0.369. The van der Waals surface area contributed by atoms with Gasteiger partial charge in [-0.3, -0.25) is 10.1 Å². The van der Waals surface area contributed by atoms with Crippen LogP contribution in [-0.2, 0) is 11.0 Å². The summed E-state index contributed by atoms with van der Waals surface area (Å²) in [6, 6.07) is 14.1. The van der Waals surface area contributed by atoms with Crippen LogP contribution in [0, 0.1) is 45.0 Å². The van der Waals surface area contributed by atoms with E-state index < -0.39 is 65.1 Å². The molecule has 0 atom stereocenters. The number of halogens is 6. The number of nitro benzene ring substituents is 1. The van der Waals surface area contributed by atoms with E-state index in [0.717, 1.165) is 0 Å². The van der Waals surface area contributed by atoms with Crippen LogP contribution in [-0.4, -0.2) is 13.2 Å². The van der Waals surface area contributed by atoms with Gasteiger partial charge in [-0.1, -0.05) is 42.5 Å². The van der Waals surface area contributed by atoms with Crippen molar-refractivity contribution >= 4 is 29.6 Å². The number of nitro groups is 1. The monoisotopic (exact) mass is 519 g/mol. The standard InChI is InChI=1S/C25H15F6NO3Si/c26-17-10-21(30)24(12-19(17)28)36(16-7-2-1-3-8-16,25-13-20(29)18(27)11-22(25)31)35-14-15-6-4-5-9-23(15)32(33)34/h1-13H,14H2. The minimum absolute atomic E-state index is 0.00119. The van der Waals surface area contributed by atoms with Gasteiger partial charge in [-0.05, 0) is 23.4 Å². The van der Waals surface area contributed by atoms with Crippen LogP contribution in [0.3, 0.4) is 0 Å². The normalized spacial score (nSPS) is 11.5. The summed E-state index contributed by atoms with van der Waals surface area (Å²) in [4.78, 5) is 10.8. The molecular formula is C25H15F6NO3Si. The molecule has 4 aromatic carbocycles. The van der Waals surface area contributed by atoms with Crippen molar-refractivity contribution in [2.24, 2.45) is 0 Å². The molecular weight excluding hydrogens is 504 g/mol. The fourth-order valence-electron chi connectivity index (χ4n) is 3.95. The van der Waals surface area contributed by atoms with Crippen LogP contribution >= 0.6 is 0 Å². The van der Waals surface area contributed by atoms with E-state index in [9.17, 15) is 27.7 Å². The molecule has 0 N–H and O–H groups in total. The molecule has 4 nitrogen and oxygen atoms in total. The smallest absolute Gasteiger partial charge is 0.294 e. The van der Waals surface area contributed by atoms with Crippen molar-refractivity contribution in [2.75, 3.05) is 0 Å². The van der Waals surface area contributed by atoms with E-state index in [-0.39, 0.29) is 28.6 Å². The second-order valence-corrected chi connectivity index (χ2v) is 11.0. The summed E-state index contributed by atoms with van der Waals surface area (Å²) in [6.07, 6.45) is 0. The molecule has 4 rings (SSSR count). The zero-order valence-electron chi connectivity index (χ0n) is 18.2. The van der Waals surface area contributed by atoms with E-state index in [0.29, 0.717) is 12.1 Å². The lowest BCUT2D eigenvalue weighted by Crippen LogP contribution is -2.71. The molecule has 0 bridgehead atoms. The zero-order valence-corrected chi connectivity index (χ0v) is 19.2. The molecule has 0 amide bonds. The summed E-state index contributed by atoms with van der Waals surface area (Å²) in [5.74, 6) is -8.69. The van der Waals surface area contributed by atoms with Crippen molar-refractivity contribution in [3.8, 4) is 0 Å². The SMILES string of the molecule is O=[N+]([O-])c1ccccc1CO[Si](c1ccccc1)(c1cc(F)c(F)cc1F)c1cc(F)c(F)cc1F. The number of nitrogens with zero attached hydrogens (tertiary/aromatic N) is 1. The van der Waals surface area contributed by atoms with Crippen LogP contribution in [0.4, 0.5) is 32.0 Å². The molecule has 0 aliphatic rings. The minimum atomic E-state index is -4.65. The molecule has 0 saturated heterocycles. The van der Waals surface area contributed by atoms with Gasteiger partial charge in [0.25, 0.3) is 14.0 Å². The maximum absolute atomic E-state index is 15.3. The van der Waals surface area contributed by atoms with Crippen LogP contribution in [0.25, 0.3) is 0 Å². The minimum Gasteiger partial charge on any atom is -0.399 e. The summed E-state index contributed by atoms with van der Waals surface area (Å²) in [6.45, 7) is -0.616. The second-order valence-electron chi connectivity index (χ2n) is 7.71. The fraction of sp³-hybridized carbons (Fsp3) is 0.0400. The van der Waals surface area contributed by atoms with Crippen molar-refractivity contribution in [3.63, 3.8) is 0 Å². The number of benzene rings is 4. The van der Waals surface area contributed by atoms with Crippen LogP contribution in [0.5, 0.6) is 0 Å². The number of para-hydroxylation sites is 1. The molecule has 0 unspecified atom stereocenters. The van der Waals surface area contributed by atoms with Gasteiger partial charge in [0.2, 0.25) is 0 Å². The highest BCUT2D eigenvalue weighted by Crippen LogP contribution is 2.23. The van der Waals surface area contributed by atoms with E-state index >= 15 is 8.78 Å². The van der Waals surface area contributed by atoms with E-state index in [1.807, 2.05) is 0 Å². The molecule has 0 aliphatic carbocycles. The predicted molar refractivity (Wildman–Crippen MR) is 122 cm³/mol. The predicted octanol–water partition coefficient (Wildman–Crippen LogP) is 4.61. The van der Waals surface area contributed by atoms with Crippen molar-refractivity contribution in [1.29, 1.82) is 0 Å². The lowest BCUT2D eigenvalue weighted by atomic mass is 10.2. The molecule has 0 heterocycles. The van der Waals surface area contributed by atoms with E-state index in [2.05, 4.69) is 0 Å². The van der Waals surface area contributed by atoms with Gasteiger partial charge >= 0.3 is 0 Å². The summed E-state index contributed by atoms with van der Waals surface area (Å²) in [5, 5.41) is 10.3. The lowest BCUT2D eigenvalue weighted by molar-refractivity contribution is -0.385. The first kappa shape index (κ1) is 25.1. The van der Waals surface area contributed by atoms with E-state index in [1.165, 1.54) is 48.5 Å². The average Bonchev–Trinajstić information content (AvgIpc) is 2.86. The molecule has 36 heavy (non-hydrogen) atoms. The van der Waals surface area contributed by atoms with Crippen LogP contribution in [0.2, 0.25) is 0 Å². The summed E-state index contributed by atoms with van der Waals surface area (Å²) >= 11 is 0. The van der Waals surface area contributed by atoms with Crippen LogP contribution < -0.4 is 15.6 Å². The first-order valence-electron chi connectivity index (χ1n) is 10.4. The topological polar surface area (TPSA) is 52.4 Å². The third-order valence-electron chi connectivity index (χ3n) is 5.59. The van der Waals surface area contributed by atoms with Crippen molar-refractivity contribution in [3.05, 3.63) is 129 Å². The molecule has 0 aliphatic heterocycles. The third-order valence-corrected chi connectivity index (χ3v) is 9.60. The Morgan fingerprint density at radius 1 is 0.667 bits per heavy atom. The molecule has 0 saturated carbocycles. The Hall–Kier alpha value is -3.96.